The van der Waals surface area contributed by atoms with E-state index in [9.17, 15) is 0 Å². The van der Waals surface area contributed by atoms with Gasteiger partial charge in [-0.15, -0.1) is 0 Å². The molecule has 0 saturated heterocycles. The van der Waals surface area contributed by atoms with Crippen molar-refractivity contribution in [2.24, 2.45) is 11.3 Å². The lowest BCUT2D eigenvalue weighted by Crippen LogP contribution is -2.27. The van der Waals surface area contributed by atoms with Crippen LogP contribution < -0.4 is 0 Å². The normalized spacial score (nSPS) is 12.3. The molecule has 0 radical (unpaired) electrons. The molecule has 0 nitrogen and oxygen atoms in total. The van der Waals surface area contributed by atoms with Crippen LogP contribution in [0.3, 0.4) is 0 Å². The van der Waals surface area contributed by atoms with E-state index in [0.29, 0.717) is 5.41 Å². The topological polar surface area (TPSA) is 0 Å². The van der Waals surface area contributed by atoms with Gasteiger partial charge in [0.05, 0.1) is 0 Å². The summed E-state index contributed by atoms with van der Waals surface area (Å²) in [6, 6.07) is 0. The molecular weight excluding hydrogens is 228 g/mol. The molecule has 0 heteroatoms. The Balaban J connectivity index is 3.97. The minimum Gasteiger partial charge on any atom is -0.0654 e. The van der Waals surface area contributed by atoms with Crippen LogP contribution in [0.5, 0.6) is 0 Å². The first-order valence-electron chi connectivity index (χ1n) is 9.13. The van der Waals surface area contributed by atoms with Crippen LogP contribution in [0.15, 0.2) is 0 Å². The van der Waals surface area contributed by atoms with Crippen molar-refractivity contribution in [2.45, 2.75) is 112 Å². The minimum atomic E-state index is 0.646. The Hall–Kier alpha value is 0. The van der Waals surface area contributed by atoms with Gasteiger partial charge in [0.2, 0.25) is 0 Å². The number of hydrogen-bond acceptors (Lipinski definition) is 0. The van der Waals surface area contributed by atoms with Crippen LogP contribution in [-0.4, -0.2) is 0 Å². The van der Waals surface area contributed by atoms with Crippen LogP contribution >= 0.6 is 0 Å². The molecule has 0 aliphatic carbocycles. The molecule has 0 aliphatic rings. The molecule has 0 spiro atoms. The third kappa shape index (κ3) is 8.00. The quantitative estimate of drug-likeness (QED) is 0.306. The van der Waals surface area contributed by atoms with Crippen molar-refractivity contribution in [1.82, 2.24) is 0 Å². The predicted octanol–water partition coefficient (Wildman–Crippen LogP) is 7.37. The molecule has 0 rings (SSSR count). The SMILES string of the molecule is CCCCCCCCCC(CCC)(CCC)C(C)C. The molecule has 0 amide bonds. The summed E-state index contributed by atoms with van der Waals surface area (Å²) >= 11 is 0. The van der Waals surface area contributed by atoms with Gasteiger partial charge in [-0.2, -0.15) is 0 Å². The van der Waals surface area contributed by atoms with E-state index in [1.807, 2.05) is 0 Å². The van der Waals surface area contributed by atoms with Gasteiger partial charge in [0.1, 0.15) is 0 Å². The van der Waals surface area contributed by atoms with Crippen molar-refractivity contribution >= 4 is 0 Å². The molecule has 0 aliphatic heterocycles. The highest BCUT2D eigenvalue weighted by Crippen LogP contribution is 2.42. The monoisotopic (exact) mass is 268 g/mol. The smallest absolute Gasteiger partial charge is 0.0275 e. The number of unbranched alkanes of at least 4 members (excludes halogenated alkanes) is 6. The van der Waals surface area contributed by atoms with Gasteiger partial charge in [-0.05, 0) is 30.6 Å². The third-order valence-corrected chi connectivity index (χ3v) is 5.00. The molecule has 0 aromatic carbocycles. The zero-order valence-corrected chi connectivity index (χ0v) is 14.6. The summed E-state index contributed by atoms with van der Waals surface area (Å²) in [5, 5.41) is 0. The van der Waals surface area contributed by atoms with Crippen LogP contribution in [0.2, 0.25) is 0 Å². The van der Waals surface area contributed by atoms with Crippen molar-refractivity contribution in [3.63, 3.8) is 0 Å². The molecule has 0 aromatic heterocycles. The first kappa shape index (κ1) is 19.0. The molecule has 0 saturated carbocycles. The minimum absolute atomic E-state index is 0.646. The molecule has 0 unspecified atom stereocenters. The lowest BCUT2D eigenvalue weighted by atomic mass is 9.67. The molecule has 0 aromatic rings. The Morgan fingerprint density at radius 1 is 0.579 bits per heavy atom. The van der Waals surface area contributed by atoms with Crippen molar-refractivity contribution in [3.05, 3.63) is 0 Å². The highest BCUT2D eigenvalue weighted by atomic mass is 14.4. The van der Waals surface area contributed by atoms with E-state index in [4.69, 9.17) is 0 Å². The second kappa shape index (κ2) is 11.8. The molecular formula is C19H40. The van der Waals surface area contributed by atoms with E-state index < -0.39 is 0 Å². The van der Waals surface area contributed by atoms with Crippen LogP contribution in [0, 0.1) is 11.3 Å². The second-order valence-corrected chi connectivity index (χ2v) is 6.89. The van der Waals surface area contributed by atoms with E-state index in [1.54, 1.807) is 0 Å². The fourth-order valence-electron chi connectivity index (χ4n) is 3.67. The predicted molar refractivity (Wildman–Crippen MR) is 89.7 cm³/mol. The second-order valence-electron chi connectivity index (χ2n) is 6.89. The van der Waals surface area contributed by atoms with Gasteiger partial charge >= 0.3 is 0 Å². The molecule has 19 heavy (non-hydrogen) atoms. The molecule has 116 valence electrons. The summed E-state index contributed by atoms with van der Waals surface area (Å²) in [6.45, 7) is 11.9. The van der Waals surface area contributed by atoms with Gasteiger partial charge in [0, 0.05) is 0 Å². The Kier molecular flexibility index (Phi) is 11.8. The zero-order chi connectivity index (χ0) is 14.6. The van der Waals surface area contributed by atoms with Gasteiger partial charge in [-0.1, -0.05) is 92.4 Å². The van der Waals surface area contributed by atoms with Crippen molar-refractivity contribution in [3.8, 4) is 0 Å². The molecule has 0 fully saturated rings. The first-order valence-corrected chi connectivity index (χ1v) is 9.13. The highest BCUT2D eigenvalue weighted by Gasteiger charge is 2.30. The maximum absolute atomic E-state index is 2.45. The first-order chi connectivity index (χ1) is 9.13. The van der Waals surface area contributed by atoms with E-state index in [-0.39, 0.29) is 0 Å². The standard InChI is InChI=1S/C19H40/c1-6-9-10-11-12-13-14-17-19(15-7-2,16-8-3)18(4)5/h18H,6-17H2,1-5H3. The average molecular weight is 269 g/mol. The number of rotatable bonds is 13. The summed E-state index contributed by atoms with van der Waals surface area (Å²) in [5.74, 6) is 0.854. The van der Waals surface area contributed by atoms with E-state index in [0.717, 1.165) is 5.92 Å². The van der Waals surface area contributed by atoms with Crippen LogP contribution in [0.25, 0.3) is 0 Å². The lowest BCUT2D eigenvalue weighted by Gasteiger charge is -2.38. The average Bonchev–Trinajstić information content (AvgIpc) is 2.37. The van der Waals surface area contributed by atoms with Crippen LogP contribution in [0.4, 0.5) is 0 Å². The van der Waals surface area contributed by atoms with Gasteiger partial charge in [-0.3, -0.25) is 0 Å². The summed E-state index contributed by atoms with van der Waals surface area (Å²) in [4.78, 5) is 0. The van der Waals surface area contributed by atoms with Gasteiger partial charge in [-0.25, -0.2) is 0 Å². The lowest BCUT2D eigenvalue weighted by molar-refractivity contribution is 0.130. The van der Waals surface area contributed by atoms with Crippen molar-refractivity contribution in [1.29, 1.82) is 0 Å². The summed E-state index contributed by atoms with van der Waals surface area (Å²) in [5.41, 5.74) is 0.646. The molecule has 0 bridgehead atoms. The third-order valence-electron chi connectivity index (χ3n) is 5.00. The van der Waals surface area contributed by atoms with E-state index in [1.165, 1.54) is 77.0 Å². The summed E-state index contributed by atoms with van der Waals surface area (Å²) in [6.07, 6.45) is 17.2. The van der Waals surface area contributed by atoms with Gasteiger partial charge in [0.15, 0.2) is 0 Å². The fraction of sp³-hybridized carbons (Fsp3) is 1.00. The maximum atomic E-state index is 2.45. The van der Waals surface area contributed by atoms with Crippen LogP contribution in [-0.2, 0) is 0 Å². The Labute approximate surface area is 123 Å². The summed E-state index contributed by atoms with van der Waals surface area (Å²) in [7, 11) is 0. The Morgan fingerprint density at radius 3 is 1.47 bits per heavy atom. The van der Waals surface area contributed by atoms with E-state index >= 15 is 0 Å². The molecule has 0 heterocycles. The number of hydrogen-bond donors (Lipinski definition) is 0. The fourth-order valence-corrected chi connectivity index (χ4v) is 3.67. The Bertz CT molecular complexity index is 174. The highest BCUT2D eigenvalue weighted by molar-refractivity contribution is 4.81. The van der Waals surface area contributed by atoms with Crippen molar-refractivity contribution < 1.29 is 0 Å². The van der Waals surface area contributed by atoms with Gasteiger partial charge in [0.25, 0.3) is 0 Å². The zero-order valence-electron chi connectivity index (χ0n) is 14.6. The van der Waals surface area contributed by atoms with Gasteiger partial charge < -0.3 is 0 Å². The largest absolute Gasteiger partial charge is 0.0654 e. The van der Waals surface area contributed by atoms with Crippen molar-refractivity contribution in [2.75, 3.05) is 0 Å². The van der Waals surface area contributed by atoms with Crippen LogP contribution in [0.1, 0.15) is 112 Å². The molecule has 0 N–H and O–H groups in total. The summed E-state index contributed by atoms with van der Waals surface area (Å²) < 4.78 is 0. The molecule has 0 atom stereocenters. The Morgan fingerprint density at radius 2 is 1.05 bits per heavy atom. The van der Waals surface area contributed by atoms with E-state index in [2.05, 4.69) is 34.6 Å². The maximum Gasteiger partial charge on any atom is -0.0275 e.